The van der Waals surface area contributed by atoms with Crippen molar-refractivity contribution in [2.45, 2.75) is 32.7 Å². The fourth-order valence-corrected chi connectivity index (χ4v) is 1.96. The lowest BCUT2D eigenvalue weighted by Gasteiger charge is -2.12. The van der Waals surface area contributed by atoms with Crippen LogP contribution in [0.25, 0.3) is 0 Å². The van der Waals surface area contributed by atoms with Gasteiger partial charge < -0.3 is 14.8 Å². The number of hydrogen-bond acceptors (Lipinski definition) is 5. The summed E-state index contributed by atoms with van der Waals surface area (Å²) in [5, 5.41) is 14.1. The Morgan fingerprint density at radius 2 is 2.24 bits per heavy atom. The number of ether oxygens (including phenoxy) is 2. The van der Waals surface area contributed by atoms with E-state index in [-0.39, 0.29) is 12.5 Å². The molecule has 1 aliphatic carbocycles. The van der Waals surface area contributed by atoms with Gasteiger partial charge in [0, 0.05) is 24.2 Å². The Labute approximate surface area is 124 Å². The zero-order valence-electron chi connectivity index (χ0n) is 12.3. The molecular weight excluding hydrogens is 272 g/mol. The Morgan fingerprint density at radius 1 is 1.43 bits per heavy atom. The molecule has 0 spiro atoms. The fraction of sp³-hybridized carbons (Fsp3) is 0.600. The first kappa shape index (κ1) is 15.7. The largest absolute Gasteiger partial charge is 0.467 e. The van der Waals surface area contributed by atoms with Gasteiger partial charge in [0.1, 0.15) is 5.75 Å². The first-order valence-corrected chi connectivity index (χ1v) is 7.39. The molecule has 0 aromatic heterocycles. The van der Waals surface area contributed by atoms with Crippen LogP contribution in [0.4, 0.5) is 5.69 Å². The minimum Gasteiger partial charge on any atom is -0.467 e. The van der Waals surface area contributed by atoms with E-state index in [0.717, 1.165) is 25.1 Å². The molecule has 2 rings (SSSR count). The molecule has 0 saturated heterocycles. The van der Waals surface area contributed by atoms with E-state index < -0.39 is 4.92 Å². The van der Waals surface area contributed by atoms with Crippen molar-refractivity contribution in [1.29, 1.82) is 0 Å². The molecule has 1 aliphatic rings. The van der Waals surface area contributed by atoms with E-state index in [4.69, 9.17) is 9.47 Å². The van der Waals surface area contributed by atoms with Crippen LogP contribution < -0.4 is 10.1 Å². The van der Waals surface area contributed by atoms with Crippen LogP contribution in [0.1, 0.15) is 31.7 Å². The molecule has 6 heteroatoms. The zero-order chi connectivity index (χ0) is 15.1. The average molecular weight is 294 g/mol. The molecular formula is C15H22N2O4. The van der Waals surface area contributed by atoms with Crippen LogP contribution in [0, 0.1) is 16.0 Å². The molecule has 0 atom stereocenters. The second-order valence-electron chi connectivity index (χ2n) is 5.30. The van der Waals surface area contributed by atoms with Crippen molar-refractivity contribution in [2.24, 2.45) is 5.92 Å². The first-order chi connectivity index (χ1) is 10.2. The number of nitrogens with one attached hydrogen (secondary N) is 1. The summed E-state index contributed by atoms with van der Waals surface area (Å²) in [6.45, 7) is 4.41. The van der Waals surface area contributed by atoms with Crippen LogP contribution in [0.5, 0.6) is 5.75 Å². The van der Waals surface area contributed by atoms with Gasteiger partial charge in [-0.2, -0.15) is 0 Å². The summed E-state index contributed by atoms with van der Waals surface area (Å²) in [4.78, 5) is 10.5. The van der Waals surface area contributed by atoms with E-state index in [9.17, 15) is 10.1 Å². The van der Waals surface area contributed by atoms with Gasteiger partial charge in [0.2, 0.25) is 0 Å². The molecule has 1 aromatic rings. The number of rotatable bonds is 10. The van der Waals surface area contributed by atoms with Crippen molar-refractivity contribution >= 4 is 5.69 Å². The smallest absolute Gasteiger partial charge is 0.270 e. The summed E-state index contributed by atoms with van der Waals surface area (Å²) in [6, 6.07) is 4.65. The standard InChI is InChI=1S/C15H22N2O4/c1-2-7-16-9-13-8-14(17(18)19)5-6-15(13)21-11-20-10-12-3-4-12/h5-6,8,12,16H,2-4,7,9-11H2,1H3. The Balaban J connectivity index is 1.93. The molecule has 1 aromatic carbocycles. The molecule has 6 nitrogen and oxygen atoms in total. The predicted molar refractivity (Wildman–Crippen MR) is 79.3 cm³/mol. The Hall–Kier alpha value is -1.66. The van der Waals surface area contributed by atoms with E-state index in [0.29, 0.717) is 18.2 Å². The summed E-state index contributed by atoms with van der Waals surface area (Å²) in [5.74, 6) is 1.33. The molecule has 0 heterocycles. The highest BCUT2D eigenvalue weighted by Gasteiger charge is 2.21. The summed E-state index contributed by atoms with van der Waals surface area (Å²) in [7, 11) is 0. The molecule has 116 valence electrons. The number of nitro benzene ring substituents is 1. The summed E-state index contributed by atoms with van der Waals surface area (Å²) >= 11 is 0. The normalized spacial score (nSPS) is 14.1. The molecule has 1 fully saturated rings. The van der Waals surface area contributed by atoms with Crippen molar-refractivity contribution in [3.63, 3.8) is 0 Å². The third kappa shape index (κ3) is 5.32. The molecule has 0 amide bonds. The second kappa shape index (κ2) is 7.95. The summed E-state index contributed by atoms with van der Waals surface area (Å²) in [5.41, 5.74) is 0.863. The molecule has 0 bridgehead atoms. The first-order valence-electron chi connectivity index (χ1n) is 7.39. The van der Waals surface area contributed by atoms with Crippen molar-refractivity contribution in [2.75, 3.05) is 19.9 Å². The highest BCUT2D eigenvalue weighted by atomic mass is 16.7. The quantitative estimate of drug-likeness (QED) is 0.311. The maximum atomic E-state index is 10.9. The van der Waals surface area contributed by atoms with Gasteiger partial charge >= 0.3 is 0 Å². The number of nitrogens with zero attached hydrogens (tertiary/aromatic N) is 1. The molecule has 0 radical (unpaired) electrons. The van der Waals surface area contributed by atoms with E-state index in [2.05, 4.69) is 12.2 Å². The lowest BCUT2D eigenvalue weighted by molar-refractivity contribution is -0.384. The Morgan fingerprint density at radius 3 is 2.90 bits per heavy atom. The van der Waals surface area contributed by atoms with Crippen LogP contribution in [-0.4, -0.2) is 24.9 Å². The summed E-state index contributed by atoms with van der Waals surface area (Å²) in [6.07, 6.45) is 3.49. The Bertz CT molecular complexity index is 475. The highest BCUT2D eigenvalue weighted by Crippen LogP contribution is 2.29. The summed E-state index contributed by atoms with van der Waals surface area (Å²) < 4.78 is 11.0. The number of benzene rings is 1. The van der Waals surface area contributed by atoms with Gasteiger partial charge in [-0.15, -0.1) is 0 Å². The average Bonchev–Trinajstić information content (AvgIpc) is 3.29. The van der Waals surface area contributed by atoms with Gasteiger partial charge in [0.15, 0.2) is 6.79 Å². The van der Waals surface area contributed by atoms with Crippen molar-refractivity contribution in [3.8, 4) is 5.75 Å². The molecule has 21 heavy (non-hydrogen) atoms. The van der Waals surface area contributed by atoms with Crippen LogP contribution in [-0.2, 0) is 11.3 Å². The van der Waals surface area contributed by atoms with Gasteiger partial charge in [-0.3, -0.25) is 10.1 Å². The molecule has 1 saturated carbocycles. The monoisotopic (exact) mass is 294 g/mol. The minimum atomic E-state index is -0.392. The molecule has 0 unspecified atom stereocenters. The maximum Gasteiger partial charge on any atom is 0.270 e. The predicted octanol–water partition coefficient (Wildman–Crippen LogP) is 2.86. The third-order valence-electron chi connectivity index (χ3n) is 3.35. The molecule has 1 N–H and O–H groups in total. The lowest BCUT2D eigenvalue weighted by Crippen LogP contribution is -2.15. The van der Waals surface area contributed by atoms with E-state index in [1.54, 1.807) is 12.1 Å². The van der Waals surface area contributed by atoms with Crippen LogP contribution >= 0.6 is 0 Å². The number of nitro groups is 1. The lowest BCUT2D eigenvalue weighted by atomic mass is 10.1. The van der Waals surface area contributed by atoms with Crippen LogP contribution in [0.2, 0.25) is 0 Å². The third-order valence-corrected chi connectivity index (χ3v) is 3.35. The van der Waals surface area contributed by atoms with Crippen molar-refractivity contribution in [3.05, 3.63) is 33.9 Å². The maximum absolute atomic E-state index is 10.9. The molecule has 0 aliphatic heterocycles. The highest BCUT2D eigenvalue weighted by molar-refractivity contribution is 5.43. The zero-order valence-corrected chi connectivity index (χ0v) is 12.3. The topological polar surface area (TPSA) is 73.6 Å². The van der Waals surface area contributed by atoms with Gasteiger partial charge in [-0.1, -0.05) is 6.92 Å². The van der Waals surface area contributed by atoms with Crippen molar-refractivity contribution < 1.29 is 14.4 Å². The van der Waals surface area contributed by atoms with Crippen LogP contribution in [0.3, 0.4) is 0 Å². The SMILES string of the molecule is CCCNCc1cc([N+](=O)[O-])ccc1OCOCC1CC1. The van der Waals surface area contributed by atoms with Gasteiger partial charge in [0.25, 0.3) is 5.69 Å². The Kier molecular flexibility index (Phi) is 5.95. The van der Waals surface area contributed by atoms with Crippen LogP contribution in [0.15, 0.2) is 18.2 Å². The van der Waals surface area contributed by atoms with Gasteiger partial charge in [0.05, 0.1) is 11.5 Å². The van der Waals surface area contributed by atoms with Crippen molar-refractivity contribution in [1.82, 2.24) is 5.32 Å². The minimum absolute atomic E-state index is 0.0783. The van der Waals surface area contributed by atoms with E-state index >= 15 is 0 Å². The van der Waals surface area contributed by atoms with E-state index in [1.165, 1.54) is 18.9 Å². The number of non-ortho nitro benzene ring substituents is 1. The van der Waals surface area contributed by atoms with Gasteiger partial charge in [-0.25, -0.2) is 0 Å². The second-order valence-corrected chi connectivity index (χ2v) is 5.30. The fourth-order valence-electron chi connectivity index (χ4n) is 1.96. The number of hydrogen-bond donors (Lipinski definition) is 1. The van der Waals surface area contributed by atoms with E-state index in [1.807, 2.05) is 0 Å². The van der Waals surface area contributed by atoms with Gasteiger partial charge in [-0.05, 0) is 37.8 Å².